The van der Waals surface area contributed by atoms with Gasteiger partial charge in [-0.2, -0.15) is 0 Å². The van der Waals surface area contributed by atoms with Gasteiger partial charge in [0, 0.05) is 27.9 Å². The van der Waals surface area contributed by atoms with Gasteiger partial charge in [-0.05, 0) is 49.2 Å². The SMILES string of the molecule is CC(C)NC(=O)C1(NC(=O)c2ccc(Br)cc2)[C@@H](c2ccccc2)[C@@H]1c1ccccc1. The molecule has 5 heteroatoms. The smallest absolute Gasteiger partial charge is 0.252 e. The predicted molar refractivity (Wildman–Crippen MR) is 126 cm³/mol. The zero-order valence-corrected chi connectivity index (χ0v) is 19.1. The first kappa shape index (κ1) is 21.3. The van der Waals surface area contributed by atoms with Crippen molar-refractivity contribution in [1.82, 2.24) is 10.6 Å². The first-order chi connectivity index (χ1) is 14.9. The Bertz CT molecular complexity index is 1020. The summed E-state index contributed by atoms with van der Waals surface area (Å²) in [7, 11) is 0. The van der Waals surface area contributed by atoms with Gasteiger partial charge in [0.15, 0.2) is 0 Å². The second kappa shape index (κ2) is 8.67. The summed E-state index contributed by atoms with van der Waals surface area (Å²) in [5.74, 6) is -0.732. The molecule has 4 rings (SSSR count). The molecule has 158 valence electrons. The van der Waals surface area contributed by atoms with Crippen molar-refractivity contribution in [2.24, 2.45) is 0 Å². The number of carbonyl (C=O) groups is 2. The minimum atomic E-state index is -1.06. The van der Waals surface area contributed by atoms with Gasteiger partial charge in [0.05, 0.1) is 0 Å². The van der Waals surface area contributed by atoms with Crippen LogP contribution in [-0.4, -0.2) is 23.4 Å². The molecule has 1 aliphatic carbocycles. The Balaban J connectivity index is 1.78. The van der Waals surface area contributed by atoms with Crippen LogP contribution < -0.4 is 10.6 Å². The molecule has 4 nitrogen and oxygen atoms in total. The second-order valence-electron chi connectivity index (χ2n) is 8.23. The fourth-order valence-electron chi connectivity index (χ4n) is 4.36. The van der Waals surface area contributed by atoms with Crippen molar-refractivity contribution in [3.8, 4) is 0 Å². The molecular weight excluding hydrogens is 452 g/mol. The fourth-order valence-corrected chi connectivity index (χ4v) is 4.62. The molecule has 0 aromatic heterocycles. The van der Waals surface area contributed by atoms with Crippen molar-refractivity contribution in [3.63, 3.8) is 0 Å². The van der Waals surface area contributed by atoms with E-state index in [0.29, 0.717) is 5.56 Å². The number of amides is 2. The Kier molecular flexibility index (Phi) is 5.96. The molecule has 31 heavy (non-hydrogen) atoms. The average Bonchev–Trinajstić information content (AvgIpc) is 3.44. The van der Waals surface area contributed by atoms with E-state index in [2.05, 4.69) is 26.6 Å². The van der Waals surface area contributed by atoms with Crippen LogP contribution in [-0.2, 0) is 4.79 Å². The quantitative estimate of drug-likeness (QED) is 0.524. The maximum Gasteiger partial charge on any atom is 0.252 e. The summed E-state index contributed by atoms with van der Waals surface area (Å²) in [5, 5.41) is 6.19. The van der Waals surface area contributed by atoms with E-state index in [1.54, 1.807) is 12.1 Å². The van der Waals surface area contributed by atoms with E-state index in [0.717, 1.165) is 15.6 Å². The van der Waals surface area contributed by atoms with Crippen LogP contribution in [0.2, 0.25) is 0 Å². The maximum absolute atomic E-state index is 13.6. The number of halogens is 1. The third-order valence-corrected chi connectivity index (χ3v) is 6.27. The van der Waals surface area contributed by atoms with Crippen LogP contribution >= 0.6 is 15.9 Å². The van der Waals surface area contributed by atoms with Crippen LogP contribution in [0.25, 0.3) is 0 Å². The molecule has 0 unspecified atom stereocenters. The lowest BCUT2D eigenvalue weighted by Gasteiger charge is -2.22. The molecule has 3 aromatic carbocycles. The number of hydrogen-bond acceptors (Lipinski definition) is 2. The van der Waals surface area contributed by atoms with Crippen LogP contribution in [0.1, 0.15) is 47.2 Å². The lowest BCUT2D eigenvalue weighted by molar-refractivity contribution is -0.124. The highest BCUT2D eigenvalue weighted by molar-refractivity contribution is 9.10. The third kappa shape index (κ3) is 4.15. The van der Waals surface area contributed by atoms with Crippen molar-refractivity contribution in [2.75, 3.05) is 0 Å². The highest BCUT2D eigenvalue weighted by Crippen LogP contribution is 2.63. The molecule has 0 heterocycles. The van der Waals surface area contributed by atoms with Crippen LogP contribution in [0.5, 0.6) is 0 Å². The van der Waals surface area contributed by atoms with E-state index >= 15 is 0 Å². The number of nitrogens with one attached hydrogen (secondary N) is 2. The largest absolute Gasteiger partial charge is 0.352 e. The molecule has 0 spiro atoms. The van der Waals surface area contributed by atoms with E-state index in [1.807, 2.05) is 86.6 Å². The van der Waals surface area contributed by atoms with Gasteiger partial charge in [-0.3, -0.25) is 9.59 Å². The molecule has 2 N–H and O–H groups in total. The highest BCUT2D eigenvalue weighted by Gasteiger charge is 2.71. The summed E-state index contributed by atoms with van der Waals surface area (Å²) in [6.45, 7) is 3.86. The Morgan fingerprint density at radius 3 is 1.74 bits per heavy atom. The minimum absolute atomic E-state index is 0.0394. The molecule has 0 bridgehead atoms. The van der Waals surface area contributed by atoms with Gasteiger partial charge in [-0.1, -0.05) is 76.6 Å². The standard InChI is InChI=1S/C26H25BrN2O2/c1-17(2)28-25(31)26(29-24(30)20-13-15-21(27)16-14-20)22(18-9-5-3-6-10-18)23(26)19-11-7-4-8-12-19/h3-17,22-23H,1-2H3,(H,28,31)(H,29,30)/t22-,23-/m0/s1. The van der Waals surface area contributed by atoms with Crippen LogP contribution in [0, 0.1) is 0 Å². The van der Waals surface area contributed by atoms with E-state index < -0.39 is 5.54 Å². The van der Waals surface area contributed by atoms with E-state index in [1.165, 1.54) is 0 Å². The molecule has 1 aliphatic rings. The number of rotatable bonds is 6. The molecule has 3 aromatic rings. The zero-order valence-electron chi connectivity index (χ0n) is 17.5. The first-order valence-electron chi connectivity index (χ1n) is 10.4. The van der Waals surface area contributed by atoms with E-state index in [-0.39, 0.29) is 29.7 Å². The summed E-state index contributed by atoms with van der Waals surface area (Å²) >= 11 is 3.40. The van der Waals surface area contributed by atoms with Gasteiger partial charge < -0.3 is 10.6 Å². The molecular formula is C26H25BrN2O2. The molecule has 1 fully saturated rings. The average molecular weight is 477 g/mol. The first-order valence-corrected chi connectivity index (χ1v) is 11.2. The van der Waals surface area contributed by atoms with Gasteiger partial charge in [0.2, 0.25) is 5.91 Å². The van der Waals surface area contributed by atoms with Gasteiger partial charge in [-0.25, -0.2) is 0 Å². The van der Waals surface area contributed by atoms with E-state index in [4.69, 9.17) is 0 Å². The minimum Gasteiger partial charge on any atom is -0.352 e. The topological polar surface area (TPSA) is 58.2 Å². The number of benzene rings is 3. The molecule has 2 amide bonds. The molecule has 1 saturated carbocycles. The van der Waals surface area contributed by atoms with Crippen LogP contribution in [0.3, 0.4) is 0 Å². The van der Waals surface area contributed by atoms with Gasteiger partial charge in [0.1, 0.15) is 5.54 Å². The molecule has 2 atom stereocenters. The summed E-state index contributed by atoms with van der Waals surface area (Å²) in [6, 6.07) is 27.0. The van der Waals surface area contributed by atoms with Crippen molar-refractivity contribution in [1.29, 1.82) is 0 Å². The third-order valence-electron chi connectivity index (χ3n) is 5.74. The normalized spacial score (nSPS) is 22.1. The predicted octanol–water partition coefficient (Wildman–Crippen LogP) is 5.02. The van der Waals surface area contributed by atoms with Gasteiger partial charge in [-0.15, -0.1) is 0 Å². The summed E-state index contributed by atoms with van der Waals surface area (Å²) in [4.78, 5) is 26.8. The second-order valence-corrected chi connectivity index (χ2v) is 9.15. The maximum atomic E-state index is 13.6. The lowest BCUT2D eigenvalue weighted by atomic mass is 10.0. The van der Waals surface area contributed by atoms with Crippen LogP contribution in [0.15, 0.2) is 89.4 Å². The molecule has 0 aliphatic heterocycles. The van der Waals surface area contributed by atoms with Crippen LogP contribution in [0.4, 0.5) is 0 Å². The Morgan fingerprint density at radius 1 is 0.806 bits per heavy atom. The van der Waals surface area contributed by atoms with Crippen molar-refractivity contribution >= 4 is 27.7 Å². The highest BCUT2D eigenvalue weighted by atomic mass is 79.9. The van der Waals surface area contributed by atoms with Crippen molar-refractivity contribution < 1.29 is 9.59 Å². The lowest BCUT2D eigenvalue weighted by Crippen LogP contribution is -2.52. The van der Waals surface area contributed by atoms with Gasteiger partial charge in [0.25, 0.3) is 5.91 Å². The monoisotopic (exact) mass is 476 g/mol. The number of hydrogen-bond donors (Lipinski definition) is 2. The van der Waals surface area contributed by atoms with Crippen molar-refractivity contribution in [2.45, 2.75) is 37.3 Å². The van der Waals surface area contributed by atoms with Crippen molar-refractivity contribution in [3.05, 3.63) is 106 Å². The van der Waals surface area contributed by atoms with E-state index in [9.17, 15) is 9.59 Å². The Hall–Kier alpha value is -2.92. The Labute approximate surface area is 191 Å². The summed E-state index contributed by atoms with van der Waals surface area (Å²) < 4.78 is 0.895. The van der Waals surface area contributed by atoms with Gasteiger partial charge >= 0.3 is 0 Å². The summed E-state index contributed by atoms with van der Waals surface area (Å²) in [6.07, 6.45) is 0. The molecule has 0 radical (unpaired) electrons. The zero-order chi connectivity index (χ0) is 22.0. The molecule has 0 saturated heterocycles. The fraction of sp³-hybridized carbons (Fsp3) is 0.231. The Morgan fingerprint density at radius 2 is 1.29 bits per heavy atom. The number of carbonyl (C=O) groups excluding carboxylic acids is 2. The summed E-state index contributed by atoms with van der Waals surface area (Å²) in [5.41, 5.74) is 1.53.